The Kier molecular flexibility index (Phi) is 8.36. The van der Waals surface area contributed by atoms with Gasteiger partial charge in [0, 0.05) is 43.8 Å². The zero-order valence-corrected chi connectivity index (χ0v) is 13.5. The van der Waals surface area contributed by atoms with Gasteiger partial charge in [0.15, 0.2) is 0 Å². The molecule has 0 saturated carbocycles. The number of sulfonamides is 1. The summed E-state index contributed by atoms with van der Waals surface area (Å²) >= 11 is 5.52. The monoisotopic (exact) mass is 353 g/mol. The average molecular weight is 354 g/mol. The van der Waals surface area contributed by atoms with E-state index in [-0.39, 0.29) is 45.2 Å². The van der Waals surface area contributed by atoms with Crippen LogP contribution in [0.1, 0.15) is 0 Å². The maximum Gasteiger partial charge on any atom is 0.287 e. The van der Waals surface area contributed by atoms with Crippen molar-refractivity contribution in [3.8, 4) is 0 Å². The molecule has 0 spiro atoms. The summed E-state index contributed by atoms with van der Waals surface area (Å²) in [5, 5.41) is 10.7. The number of nitro benzene ring substituents is 1. The van der Waals surface area contributed by atoms with Crippen LogP contribution < -0.4 is 0 Å². The summed E-state index contributed by atoms with van der Waals surface area (Å²) in [6.07, 6.45) is 0. The van der Waals surface area contributed by atoms with Gasteiger partial charge in [-0.25, -0.2) is 8.42 Å². The van der Waals surface area contributed by atoms with Crippen LogP contribution in [0.3, 0.4) is 0 Å². The summed E-state index contributed by atoms with van der Waals surface area (Å²) in [6.45, 7) is 0. The van der Waals surface area contributed by atoms with Crippen molar-refractivity contribution in [2.24, 2.45) is 0 Å². The minimum absolute atomic E-state index is 0. The summed E-state index contributed by atoms with van der Waals surface area (Å²) in [4.78, 5) is 9.30. The molecule has 1 aromatic carbocycles. The summed E-state index contributed by atoms with van der Waals surface area (Å²) in [7, 11) is -2.92. The third kappa shape index (κ3) is 4.59. The van der Waals surface area contributed by atoms with Gasteiger partial charge in [-0.05, 0) is 12.1 Å². The normalized spacial score (nSPS) is 10.0. The van der Waals surface area contributed by atoms with Gasteiger partial charge in [0.05, 0.1) is 4.92 Å². The maximum atomic E-state index is 11.3. The minimum atomic E-state index is -3.97. The molecule has 93 valence electrons. The molecule has 0 heterocycles. The maximum absolute atomic E-state index is 11.3. The predicted octanol–water partition coefficient (Wildman–Crippen LogP) is 2.39. The van der Waals surface area contributed by atoms with Gasteiger partial charge in [-0.15, -0.1) is 0 Å². The van der Waals surface area contributed by atoms with Crippen LogP contribution in [0.4, 0.5) is 5.69 Å². The Morgan fingerprint density at radius 2 is 1.94 bits per heavy atom. The first-order chi connectivity index (χ1) is 6.88. The summed E-state index contributed by atoms with van der Waals surface area (Å²) in [6, 6.07) is 3.29. The third-order valence-corrected chi connectivity index (χ3v) is 3.25. The molecule has 1 aromatic rings. The molecule has 1 radical (unpaired) electrons. The van der Waals surface area contributed by atoms with Crippen molar-refractivity contribution in [2.75, 3.05) is 7.05 Å². The second-order valence-corrected chi connectivity index (χ2v) is 4.72. The van der Waals surface area contributed by atoms with E-state index in [1.807, 2.05) is 0 Å². The molecule has 0 aliphatic carbocycles. The first kappa shape index (κ1) is 19.3. The van der Waals surface area contributed by atoms with E-state index in [0.717, 1.165) is 19.2 Å². The van der Waals surface area contributed by atoms with Crippen LogP contribution >= 0.6 is 11.6 Å². The van der Waals surface area contributed by atoms with E-state index in [9.17, 15) is 18.5 Å². The van der Waals surface area contributed by atoms with E-state index in [1.165, 1.54) is 6.07 Å². The Labute approximate surface area is 130 Å². The molecule has 0 atom stereocenters. The number of nitrogens with zero attached hydrogens (tertiary/aromatic N) is 2. The molecule has 0 fully saturated rings. The van der Waals surface area contributed by atoms with Crippen molar-refractivity contribution in [3.63, 3.8) is 0 Å². The topological polar surface area (TPSA) is 91.4 Å². The molecule has 6 nitrogen and oxygen atoms in total. The molecule has 0 bridgehead atoms. The molecule has 0 aromatic heterocycles. The van der Waals surface area contributed by atoms with Crippen molar-refractivity contribution < 1.29 is 46.1 Å². The Morgan fingerprint density at radius 1 is 1.41 bits per heavy atom. The van der Waals surface area contributed by atoms with E-state index >= 15 is 0 Å². The van der Waals surface area contributed by atoms with Gasteiger partial charge >= 0.3 is 0 Å². The fraction of sp³-hybridized carbons (Fsp3) is 0.125. The number of hydrogen-bond acceptors (Lipinski definition) is 4. The summed E-state index contributed by atoms with van der Waals surface area (Å²) in [5.74, 6) is 0. The van der Waals surface area contributed by atoms with E-state index in [1.54, 1.807) is 0 Å². The summed E-state index contributed by atoms with van der Waals surface area (Å²) in [5.41, 5.74) is -0.576. The van der Waals surface area contributed by atoms with E-state index in [4.69, 9.17) is 11.6 Å². The van der Waals surface area contributed by atoms with Crippen molar-refractivity contribution in [1.29, 1.82) is 0 Å². The number of rotatable bonds is 3. The van der Waals surface area contributed by atoms with Crippen LogP contribution in [0, 0.1) is 17.5 Å². The summed E-state index contributed by atoms with van der Waals surface area (Å²) < 4.78 is 25.7. The molecule has 17 heavy (non-hydrogen) atoms. The molecule has 0 unspecified atom stereocenters. The van der Waals surface area contributed by atoms with Gasteiger partial charge in [0.1, 0.15) is 14.9 Å². The molecule has 0 aliphatic heterocycles. The average Bonchev–Trinajstić information content (AvgIpc) is 2.17. The quantitative estimate of drug-likeness (QED) is 0.474. The molecule has 0 amide bonds. The molecule has 0 N–H and O–H groups in total. The third-order valence-electron chi connectivity index (χ3n) is 1.64. The van der Waals surface area contributed by atoms with Crippen LogP contribution in [0.25, 0.3) is 4.72 Å². The Bertz CT molecular complexity index is 506. The molecular weight excluding hydrogens is 345 g/mol. The minimum Gasteiger partial charge on any atom is -0.547 e. The van der Waals surface area contributed by atoms with Crippen LogP contribution in [-0.2, 0) is 42.7 Å². The molecule has 1 rings (SSSR count). The van der Waals surface area contributed by atoms with Gasteiger partial charge < -0.3 is 12.1 Å². The van der Waals surface area contributed by atoms with E-state index < -0.39 is 25.5 Å². The van der Waals surface area contributed by atoms with Gasteiger partial charge in [0.2, 0.25) is 0 Å². The van der Waals surface area contributed by atoms with Gasteiger partial charge in [-0.3, -0.25) is 10.1 Å². The standard InChI is InChI=1S/C7H6ClN2O4S.CH3.Y/c1-9-15(13,14)7-3-2-5(8)4-6(7)10(11)12;;/h2-4H,1H3;1H3;/q2*-1;. The second-order valence-electron chi connectivity index (χ2n) is 2.53. The smallest absolute Gasteiger partial charge is 0.287 e. The van der Waals surface area contributed by atoms with Crippen molar-refractivity contribution >= 4 is 27.3 Å². The zero-order valence-electron chi connectivity index (χ0n) is 9.12. The molecule has 0 aliphatic rings. The fourth-order valence-electron chi connectivity index (χ4n) is 0.950. The van der Waals surface area contributed by atoms with E-state index in [2.05, 4.69) is 4.72 Å². The fourth-order valence-corrected chi connectivity index (χ4v) is 1.95. The Morgan fingerprint density at radius 3 is 2.35 bits per heavy atom. The Hall–Kier alpha value is -0.0761. The van der Waals surface area contributed by atoms with Gasteiger partial charge in [0.25, 0.3) is 5.69 Å². The Balaban J connectivity index is 0. The molecule has 9 heteroatoms. The second kappa shape index (κ2) is 7.38. The molecule has 0 saturated heterocycles. The van der Waals surface area contributed by atoms with Crippen molar-refractivity contribution in [3.05, 3.63) is 45.5 Å². The van der Waals surface area contributed by atoms with E-state index in [0.29, 0.717) is 0 Å². The first-order valence-corrected chi connectivity index (χ1v) is 5.50. The van der Waals surface area contributed by atoms with Crippen molar-refractivity contribution in [1.82, 2.24) is 0 Å². The number of nitro groups is 1. The number of benzene rings is 1. The number of halogens is 1. The van der Waals surface area contributed by atoms with Crippen LogP contribution in [0.15, 0.2) is 23.1 Å². The van der Waals surface area contributed by atoms with Crippen LogP contribution in [0.2, 0.25) is 5.02 Å². The van der Waals surface area contributed by atoms with Crippen molar-refractivity contribution in [2.45, 2.75) is 4.90 Å². The largest absolute Gasteiger partial charge is 0.547 e. The number of hydrogen-bond donors (Lipinski definition) is 0. The molecular formula is C8H9ClN2O4SY-2. The SMILES string of the molecule is C[N-]S(=O)(=O)c1ccc(Cl)cc1[N+](=O)[O-].[CH3-].[Y]. The first-order valence-electron chi connectivity index (χ1n) is 3.68. The van der Waals surface area contributed by atoms with Crippen LogP contribution in [0.5, 0.6) is 0 Å². The van der Waals surface area contributed by atoms with Gasteiger partial charge in [-0.1, -0.05) is 11.6 Å². The zero-order chi connectivity index (χ0) is 11.6. The van der Waals surface area contributed by atoms with Gasteiger partial charge in [-0.2, -0.15) is 7.05 Å². The predicted molar refractivity (Wildman–Crippen MR) is 61.0 cm³/mol. The van der Waals surface area contributed by atoms with Crippen LogP contribution in [-0.4, -0.2) is 20.4 Å².